The van der Waals surface area contributed by atoms with Crippen LogP contribution in [0.15, 0.2) is 40.5 Å². The van der Waals surface area contributed by atoms with Crippen molar-refractivity contribution < 1.29 is 14.3 Å². The Labute approximate surface area is 129 Å². The van der Waals surface area contributed by atoms with Crippen LogP contribution in [0.2, 0.25) is 0 Å². The van der Waals surface area contributed by atoms with Crippen LogP contribution in [0.3, 0.4) is 0 Å². The van der Waals surface area contributed by atoms with Crippen LogP contribution in [0.1, 0.15) is 20.9 Å². The summed E-state index contributed by atoms with van der Waals surface area (Å²) in [5.41, 5.74) is -0.223. The summed E-state index contributed by atoms with van der Waals surface area (Å²) in [6, 6.07) is 7.74. The van der Waals surface area contributed by atoms with Crippen LogP contribution in [-0.2, 0) is 6.54 Å². The summed E-state index contributed by atoms with van der Waals surface area (Å²) in [5.74, 6) is -1.88. The van der Waals surface area contributed by atoms with Crippen molar-refractivity contribution in [2.24, 2.45) is 0 Å². The molecule has 0 fully saturated rings. The minimum Gasteiger partial charge on any atom is -0.478 e. The molecule has 0 saturated heterocycles. The first kappa shape index (κ1) is 14.5. The molecule has 2 aromatic heterocycles. The normalized spacial score (nSPS) is 11.0. The minimum atomic E-state index is -1.17. The smallest absolute Gasteiger partial charge is 0.338 e. The summed E-state index contributed by atoms with van der Waals surface area (Å²) >= 11 is 1.46. The Hall–Kier alpha value is -2.47. The molecule has 0 unspecified atom stereocenters. The van der Waals surface area contributed by atoms with Gasteiger partial charge in [-0.25, -0.2) is 9.18 Å². The first-order valence-electron chi connectivity index (χ1n) is 6.58. The van der Waals surface area contributed by atoms with Crippen LogP contribution in [-0.4, -0.2) is 15.6 Å². The summed E-state index contributed by atoms with van der Waals surface area (Å²) < 4.78 is 15.4. The molecule has 0 spiro atoms. The van der Waals surface area contributed by atoms with Crippen molar-refractivity contribution in [3.8, 4) is 0 Å². The van der Waals surface area contributed by atoms with E-state index in [2.05, 4.69) is 0 Å². The molecule has 0 aliphatic carbocycles. The molecule has 0 aliphatic rings. The molecule has 1 aromatic carbocycles. The predicted octanol–water partition coefficient (Wildman–Crippen LogP) is 3.26. The fourth-order valence-corrected chi connectivity index (χ4v) is 3.28. The number of nitrogens with zero attached hydrogens (tertiary/aromatic N) is 1. The van der Waals surface area contributed by atoms with Crippen molar-refractivity contribution in [1.29, 1.82) is 0 Å². The highest BCUT2D eigenvalue weighted by Gasteiger charge is 2.20. The molecule has 3 aromatic rings. The monoisotopic (exact) mass is 317 g/mol. The zero-order valence-corrected chi connectivity index (χ0v) is 12.5. The SMILES string of the molecule is Cc1c(C(=O)O)c2cccc(F)c2c(=O)n1Cc1cccs1. The highest BCUT2D eigenvalue weighted by Crippen LogP contribution is 2.23. The number of aromatic nitrogens is 1. The van der Waals surface area contributed by atoms with E-state index in [1.807, 2.05) is 17.5 Å². The molecule has 4 nitrogen and oxygen atoms in total. The molecule has 6 heteroatoms. The minimum absolute atomic E-state index is 0.0364. The zero-order valence-electron chi connectivity index (χ0n) is 11.7. The lowest BCUT2D eigenvalue weighted by Gasteiger charge is -2.14. The van der Waals surface area contributed by atoms with Gasteiger partial charge in [0.25, 0.3) is 5.56 Å². The van der Waals surface area contributed by atoms with Crippen molar-refractivity contribution in [2.75, 3.05) is 0 Å². The van der Waals surface area contributed by atoms with Gasteiger partial charge in [-0.05, 0) is 24.4 Å². The number of benzene rings is 1. The van der Waals surface area contributed by atoms with E-state index in [0.29, 0.717) is 5.69 Å². The largest absolute Gasteiger partial charge is 0.478 e. The lowest BCUT2D eigenvalue weighted by molar-refractivity contribution is 0.0697. The molecule has 112 valence electrons. The van der Waals surface area contributed by atoms with E-state index in [1.54, 1.807) is 6.92 Å². The van der Waals surface area contributed by atoms with Gasteiger partial charge >= 0.3 is 5.97 Å². The Balaban J connectivity index is 2.40. The van der Waals surface area contributed by atoms with Crippen molar-refractivity contribution >= 4 is 28.1 Å². The second kappa shape index (κ2) is 5.38. The van der Waals surface area contributed by atoms with Crippen molar-refractivity contribution in [1.82, 2.24) is 4.57 Å². The summed E-state index contributed by atoms with van der Waals surface area (Å²) in [4.78, 5) is 25.1. The van der Waals surface area contributed by atoms with Gasteiger partial charge in [0, 0.05) is 16.0 Å². The molecular formula is C16H12FNO3S. The fourth-order valence-electron chi connectivity index (χ4n) is 2.59. The third kappa shape index (κ3) is 2.21. The first-order chi connectivity index (χ1) is 10.5. The maximum absolute atomic E-state index is 14.1. The highest BCUT2D eigenvalue weighted by molar-refractivity contribution is 7.09. The van der Waals surface area contributed by atoms with E-state index in [0.717, 1.165) is 4.88 Å². The van der Waals surface area contributed by atoms with Gasteiger partial charge in [-0.15, -0.1) is 11.3 Å². The molecule has 0 aliphatic heterocycles. The Bertz CT molecular complexity index is 929. The molecule has 0 atom stereocenters. The number of carboxylic acid groups (broad SMARTS) is 1. The van der Waals surface area contributed by atoms with Crippen molar-refractivity contribution in [3.05, 3.63) is 68.0 Å². The average Bonchev–Trinajstić information content (AvgIpc) is 2.96. The Morgan fingerprint density at radius 2 is 2.09 bits per heavy atom. The summed E-state index contributed by atoms with van der Waals surface area (Å²) in [6.07, 6.45) is 0. The standard InChI is InChI=1S/C16H12FNO3S/c1-9-13(16(20)21)11-5-2-6-12(17)14(11)15(19)18(9)8-10-4-3-7-22-10/h2-7H,8H2,1H3,(H,20,21). The van der Waals surface area contributed by atoms with Crippen LogP contribution in [0.4, 0.5) is 4.39 Å². The lowest BCUT2D eigenvalue weighted by atomic mass is 10.0. The quantitative estimate of drug-likeness (QED) is 0.806. The zero-order chi connectivity index (χ0) is 15.9. The molecule has 3 rings (SSSR count). The topological polar surface area (TPSA) is 59.3 Å². The molecule has 0 bridgehead atoms. The Morgan fingerprint density at radius 3 is 2.73 bits per heavy atom. The van der Waals surface area contributed by atoms with Gasteiger partial charge in [-0.3, -0.25) is 4.79 Å². The van der Waals surface area contributed by atoms with Crippen LogP contribution >= 0.6 is 11.3 Å². The van der Waals surface area contributed by atoms with Gasteiger partial charge < -0.3 is 9.67 Å². The number of rotatable bonds is 3. The number of carboxylic acids is 1. The average molecular weight is 317 g/mol. The molecule has 2 heterocycles. The van der Waals surface area contributed by atoms with Gasteiger partial charge in [0.2, 0.25) is 0 Å². The van der Waals surface area contributed by atoms with E-state index in [4.69, 9.17) is 0 Å². The molecular weight excluding hydrogens is 305 g/mol. The first-order valence-corrected chi connectivity index (χ1v) is 7.46. The number of carbonyl (C=O) groups is 1. The summed E-state index contributed by atoms with van der Waals surface area (Å²) in [5, 5.41) is 11.3. The van der Waals surface area contributed by atoms with Gasteiger partial charge in [0.1, 0.15) is 5.82 Å². The van der Waals surface area contributed by atoms with Crippen molar-refractivity contribution in [3.63, 3.8) is 0 Å². The molecule has 1 N–H and O–H groups in total. The van der Waals surface area contributed by atoms with Crippen LogP contribution in [0.25, 0.3) is 10.8 Å². The van der Waals surface area contributed by atoms with E-state index in [1.165, 1.54) is 34.1 Å². The second-order valence-corrected chi connectivity index (χ2v) is 5.93. The molecule has 22 heavy (non-hydrogen) atoms. The van der Waals surface area contributed by atoms with Gasteiger partial charge in [-0.1, -0.05) is 18.2 Å². The maximum atomic E-state index is 14.1. The van der Waals surface area contributed by atoms with Crippen molar-refractivity contribution in [2.45, 2.75) is 13.5 Å². The predicted molar refractivity (Wildman–Crippen MR) is 83.3 cm³/mol. The van der Waals surface area contributed by atoms with Gasteiger partial charge in [0.15, 0.2) is 0 Å². The van der Waals surface area contributed by atoms with Crippen LogP contribution in [0, 0.1) is 12.7 Å². The molecule has 0 amide bonds. The third-order valence-electron chi connectivity index (χ3n) is 3.62. The number of pyridine rings is 1. The number of thiophene rings is 1. The molecule has 0 saturated carbocycles. The van der Waals surface area contributed by atoms with E-state index >= 15 is 0 Å². The number of hydrogen-bond donors (Lipinski definition) is 1. The van der Waals surface area contributed by atoms with Gasteiger partial charge in [-0.2, -0.15) is 0 Å². The Morgan fingerprint density at radius 1 is 1.32 bits per heavy atom. The van der Waals surface area contributed by atoms with Crippen LogP contribution in [0.5, 0.6) is 0 Å². The maximum Gasteiger partial charge on any atom is 0.338 e. The number of hydrogen-bond acceptors (Lipinski definition) is 3. The highest BCUT2D eigenvalue weighted by atomic mass is 32.1. The number of fused-ring (bicyclic) bond motifs is 1. The molecule has 0 radical (unpaired) electrons. The number of halogens is 1. The van der Waals surface area contributed by atoms with E-state index in [9.17, 15) is 19.1 Å². The lowest BCUT2D eigenvalue weighted by Crippen LogP contribution is -2.26. The van der Waals surface area contributed by atoms with Crippen LogP contribution < -0.4 is 5.56 Å². The fraction of sp³-hybridized carbons (Fsp3) is 0.125. The number of aromatic carboxylic acids is 1. The summed E-state index contributed by atoms with van der Waals surface area (Å²) in [6.45, 7) is 1.80. The second-order valence-electron chi connectivity index (χ2n) is 4.90. The van der Waals surface area contributed by atoms with E-state index in [-0.39, 0.29) is 22.9 Å². The van der Waals surface area contributed by atoms with Gasteiger partial charge in [0.05, 0.1) is 17.5 Å². The summed E-state index contributed by atoms with van der Waals surface area (Å²) in [7, 11) is 0. The Kier molecular flexibility index (Phi) is 3.54. The van der Waals surface area contributed by atoms with E-state index < -0.39 is 17.3 Å². The third-order valence-corrected chi connectivity index (χ3v) is 4.48.